The van der Waals surface area contributed by atoms with E-state index in [0.717, 1.165) is 12.1 Å². The molecule has 0 aliphatic rings. The first-order valence-corrected chi connectivity index (χ1v) is 9.08. The number of nitrogens with one attached hydrogen (secondary N) is 1. The molecule has 0 saturated carbocycles. The molecule has 1 amide bonds. The number of carbonyl (C=O) groups excluding carboxylic acids is 1. The van der Waals surface area contributed by atoms with Crippen molar-refractivity contribution in [3.8, 4) is 0 Å². The Morgan fingerprint density at radius 1 is 0.923 bits per heavy atom. The second-order valence-corrected chi connectivity index (χ2v) is 6.91. The van der Waals surface area contributed by atoms with Gasteiger partial charge in [0.1, 0.15) is 0 Å². The standard InChI is InChI=1S/C23H26N2O/c1-17(20-9-5-4-6-10-20)24-23(26)18(2)25(3)16-19-13-14-21-11-7-8-12-22(21)15-19/h4-15,17-18H,16H2,1-3H3,(H,24,26)/t17-,18+/m0/s1. The average Bonchev–Trinajstić information content (AvgIpc) is 2.67. The minimum Gasteiger partial charge on any atom is -0.348 e. The van der Waals surface area contributed by atoms with E-state index >= 15 is 0 Å². The Hall–Kier alpha value is -2.65. The minimum atomic E-state index is -0.201. The fraction of sp³-hybridized carbons (Fsp3) is 0.261. The second-order valence-electron chi connectivity index (χ2n) is 6.91. The molecule has 0 radical (unpaired) electrons. The molecule has 0 aliphatic heterocycles. The van der Waals surface area contributed by atoms with Gasteiger partial charge in [-0.15, -0.1) is 0 Å². The zero-order chi connectivity index (χ0) is 18.5. The molecular weight excluding hydrogens is 320 g/mol. The molecule has 0 heterocycles. The highest BCUT2D eigenvalue weighted by Crippen LogP contribution is 2.17. The van der Waals surface area contributed by atoms with E-state index in [2.05, 4.69) is 52.7 Å². The summed E-state index contributed by atoms with van der Waals surface area (Å²) in [6, 6.07) is 24.7. The van der Waals surface area contributed by atoms with Gasteiger partial charge in [0.2, 0.25) is 5.91 Å². The number of rotatable bonds is 6. The molecule has 3 aromatic rings. The molecule has 3 heteroatoms. The Labute approximate surface area is 155 Å². The van der Waals surface area contributed by atoms with Gasteiger partial charge in [-0.3, -0.25) is 9.69 Å². The van der Waals surface area contributed by atoms with E-state index in [9.17, 15) is 4.79 Å². The summed E-state index contributed by atoms with van der Waals surface area (Å²) in [5.74, 6) is 0.0460. The highest BCUT2D eigenvalue weighted by atomic mass is 16.2. The molecule has 0 saturated heterocycles. The summed E-state index contributed by atoms with van der Waals surface area (Å²) in [5, 5.41) is 5.58. The van der Waals surface area contributed by atoms with Crippen molar-refractivity contribution in [3.05, 3.63) is 83.9 Å². The lowest BCUT2D eigenvalue weighted by Gasteiger charge is -2.26. The van der Waals surface area contributed by atoms with Crippen LogP contribution in [0, 0.1) is 0 Å². The van der Waals surface area contributed by atoms with Crippen molar-refractivity contribution in [1.82, 2.24) is 10.2 Å². The van der Waals surface area contributed by atoms with Crippen molar-refractivity contribution in [2.75, 3.05) is 7.05 Å². The lowest BCUT2D eigenvalue weighted by molar-refractivity contribution is -0.126. The summed E-state index contributed by atoms with van der Waals surface area (Å²) < 4.78 is 0. The van der Waals surface area contributed by atoms with Gasteiger partial charge in [0, 0.05) is 6.54 Å². The first-order valence-electron chi connectivity index (χ1n) is 9.08. The van der Waals surface area contributed by atoms with E-state index in [0.29, 0.717) is 0 Å². The summed E-state index contributed by atoms with van der Waals surface area (Å²) >= 11 is 0. The Morgan fingerprint density at radius 2 is 1.58 bits per heavy atom. The zero-order valence-corrected chi connectivity index (χ0v) is 15.6. The second kappa shape index (κ2) is 8.15. The van der Waals surface area contributed by atoms with Gasteiger partial charge < -0.3 is 5.32 Å². The molecule has 2 atom stereocenters. The molecule has 0 aliphatic carbocycles. The molecule has 0 aromatic heterocycles. The van der Waals surface area contributed by atoms with Gasteiger partial charge in [-0.2, -0.15) is 0 Å². The molecule has 26 heavy (non-hydrogen) atoms. The van der Waals surface area contributed by atoms with E-state index in [4.69, 9.17) is 0 Å². The number of nitrogens with zero attached hydrogens (tertiary/aromatic N) is 1. The fourth-order valence-electron chi connectivity index (χ4n) is 3.12. The Balaban J connectivity index is 1.62. The fourth-order valence-corrected chi connectivity index (χ4v) is 3.12. The van der Waals surface area contributed by atoms with Gasteiger partial charge in [-0.25, -0.2) is 0 Å². The van der Waals surface area contributed by atoms with Crippen molar-refractivity contribution in [2.24, 2.45) is 0 Å². The first-order chi connectivity index (χ1) is 12.5. The molecule has 0 unspecified atom stereocenters. The van der Waals surface area contributed by atoms with Crippen LogP contribution in [0.15, 0.2) is 72.8 Å². The molecule has 0 fully saturated rings. The Bertz CT molecular complexity index is 876. The molecule has 3 nitrogen and oxygen atoms in total. The third-order valence-electron chi connectivity index (χ3n) is 4.94. The summed E-state index contributed by atoms with van der Waals surface area (Å²) in [6.07, 6.45) is 0. The van der Waals surface area contributed by atoms with E-state index in [1.807, 2.05) is 51.2 Å². The summed E-state index contributed by atoms with van der Waals surface area (Å²) in [4.78, 5) is 14.7. The van der Waals surface area contributed by atoms with Gasteiger partial charge in [0.15, 0.2) is 0 Å². The number of likely N-dealkylation sites (N-methyl/N-ethyl adjacent to an activating group) is 1. The van der Waals surface area contributed by atoms with Crippen LogP contribution in [0.4, 0.5) is 0 Å². The van der Waals surface area contributed by atoms with E-state index in [-0.39, 0.29) is 18.0 Å². The monoisotopic (exact) mass is 346 g/mol. The minimum absolute atomic E-state index is 0.000203. The molecular formula is C23H26N2O. The normalized spacial score (nSPS) is 13.5. The predicted molar refractivity (Wildman–Crippen MR) is 108 cm³/mol. The third kappa shape index (κ3) is 4.30. The van der Waals surface area contributed by atoms with Gasteiger partial charge >= 0.3 is 0 Å². The van der Waals surface area contributed by atoms with E-state index < -0.39 is 0 Å². The maximum atomic E-state index is 12.6. The van der Waals surface area contributed by atoms with E-state index in [1.165, 1.54) is 16.3 Å². The van der Waals surface area contributed by atoms with Crippen LogP contribution in [-0.4, -0.2) is 23.9 Å². The lowest BCUT2D eigenvalue weighted by atomic mass is 10.1. The lowest BCUT2D eigenvalue weighted by Crippen LogP contribution is -2.43. The topological polar surface area (TPSA) is 32.3 Å². The van der Waals surface area contributed by atoms with Gasteiger partial charge in [-0.1, -0.05) is 66.7 Å². The molecule has 134 valence electrons. The zero-order valence-electron chi connectivity index (χ0n) is 15.6. The third-order valence-corrected chi connectivity index (χ3v) is 4.94. The molecule has 1 N–H and O–H groups in total. The van der Waals surface area contributed by atoms with Crippen LogP contribution in [0.5, 0.6) is 0 Å². The van der Waals surface area contributed by atoms with Crippen LogP contribution in [0.2, 0.25) is 0 Å². The van der Waals surface area contributed by atoms with Crippen molar-refractivity contribution < 1.29 is 4.79 Å². The number of hydrogen-bond acceptors (Lipinski definition) is 2. The van der Waals surface area contributed by atoms with Crippen molar-refractivity contribution >= 4 is 16.7 Å². The summed E-state index contributed by atoms with van der Waals surface area (Å²) in [7, 11) is 1.99. The quantitative estimate of drug-likeness (QED) is 0.711. The van der Waals surface area contributed by atoms with Crippen LogP contribution >= 0.6 is 0 Å². The van der Waals surface area contributed by atoms with Crippen LogP contribution < -0.4 is 5.32 Å². The first kappa shape index (κ1) is 18.2. The smallest absolute Gasteiger partial charge is 0.237 e. The largest absolute Gasteiger partial charge is 0.348 e. The van der Waals surface area contributed by atoms with Crippen LogP contribution in [0.25, 0.3) is 10.8 Å². The van der Waals surface area contributed by atoms with Crippen LogP contribution in [0.1, 0.15) is 31.0 Å². The van der Waals surface area contributed by atoms with Crippen molar-refractivity contribution in [3.63, 3.8) is 0 Å². The highest BCUT2D eigenvalue weighted by Gasteiger charge is 2.20. The number of benzene rings is 3. The number of carbonyl (C=O) groups is 1. The van der Waals surface area contributed by atoms with Gasteiger partial charge in [0.25, 0.3) is 0 Å². The Kier molecular flexibility index (Phi) is 5.69. The van der Waals surface area contributed by atoms with Crippen LogP contribution in [-0.2, 0) is 11.3 Å². The molecule has 0 spiro atoms. The number of amides is 1. The number of fused-ring (bicyclic) bond motifs is 1. The highest BCUT2D eigenvalue weighted by molar-refractivity contribution is 5.83. The maximum absolute atomic E-state index is 12.6. The van der Waals surface area contributed by atoms with Gasteiger partial charge in [0.05, 0.1) is 12.1 Å². The van der Waals surface area contributed by atoms with Crippen LogP contribution in [0.3, 0.4) is 0 Å². The molecule has 3 aromatic carbocycles. The SMILES string of the molecule is C[C@H](NC(=O)[C@@H](C)N(C)Cc1ccc2ccccc2c1)c1ccccc1. The maximum Gasteiger partial charge on any atom is 0.237 e. The Morgan fingerprint density at radius 3 is 2.31 bits per heavy atom. The average molecular weight is 346 g/mol. The van der Waals surface area contributed by atoms with Crippen molar-refractivity contribution in [2.45, 2.75) is 32.5 Å². The number of hydrogen-bond donors (Lipinski definition) is 1. The summed E-state index contributed by atoms with van der Waals surface area (Å²) in [6.45, 7) is 4.70. The molecule has 3 rings (SSSR count). The predicted octanol–water partition coefficient (Wildman–Crippen LogP) is 4.54. The van der Waals surface area contributed by atoms with Crippen molar-refractivity contribution in [1.29, 1.82) is 0 Å². The van der Waals surface area contributed by atoms with Gasteiger partial charge in [-0.05, 0) is 48.9 Å². The molecule has 0 bridgehead atoms. The summed E-state index contributed by atoms with van der Waals surface area (Å²) in [5.41, 5.74) is 2.33. The van der Waals surface area contributed by atoms with E-state index in [1.54, 1.807) is 0 Å².